The summed E-state index contributed by atoms with van der Waals surface area (Å²) in [7, 11) is 0. The van der Waals surface area contributed by atoms with Crippen molar-refractivity contribution < 1.29 is 18.6 Å². The summed E-state index contributed by atoms with van der Waals surface area (Å²) in [6.07, 6.45) is 2.40. The molecule has 1 saturated carbocycles. The molecule has 2 atom stereocenters. The zero-order valence-electron chi connectivity index (χ0n) is 8.83. The average molecular weight is 228 g/mol. The number of aliphatic hydroxyl groups excluding tert-OH is 1. The fraction of sp³-hybridized carbons (Fsp3) is 0.500. The maximum atomic E-state index is 13.3. The summed E-state index contributed by atoms with van der Waals surface area (Å²) >= 11 is 0. The fourth-order valence-corrected chi connectivity index (χ4v) is 1.98. The molecule has 1 aliphatic carbocycles. The van der Waals surface area contributed by atoms with Crippen LogP contribution in [0.3, 0.4) is 0 Å². The first-order valence-corrected chi connectivity index (χ1v) is 5.45. The van der Waals surface area contributed by atoms with E-state index in [-0.39, 0.29) is 18.0 Å². The first-order valence-electron chi connectivity index (χ1n) is 5.45. The van der Waals surface area contributed by atoms with E-state index in [0.717, 1.165) is 31.4 Å². The molecule has 0 amide bonds. The van der Waals surface area contributed by atoms with Crippen molar-refractivity contribution in [3.8, 4) is 5.75 Å². The lowest BCUT2D eigenvalue weighted by Gasteiger charge is -2.26. The molecule has 4 heteroatoms. The second-order valence-electron chi connectivity index (χ2n) is 4.14. The third kappa shape index (κ3) is 2.70. The molecule has 16 heavy (non-hydrogen) atoms. The predicted octanol–water partition coefficient (Wildman–Crippen LogP) is 2.65. The van der Waals surface area contributed by atoms with Crippen LogP contribution in [0.15, 0.2) is 18.2 Å². The van der Waals surface area contributed by atoms with Crippen molar-refractivity contribution in [1.82, 2.24) is 0 Å². The Morgan fingerprint density at radius 1 is 1.25 bits per heavy atom. The van der Waals surface area contributed by atoms with Crippen LogP contribution in [0.1, 0.15) is 25.7 Å². The van der Waals surface area contributed by atoms with Gasteiger partial charge in [-0.05, 0) is 31.4 Å². The molecule has 1 aliphatic rings. The average Bonchev–Trinajstić information content (AvgIpc) is 2.22. The SMILES string of the molecule is OC1CCCC(Oc2ccc(F)cc2F)C1. The van der Waals surface area contributed by atoms with E-state index in [1.54, 1.807) is 0 Å². The summed E-state index contributed by atoms with van der Waals surface area (Å²) in [4.78, 5) is 0. The third-order valence-corrected chi connectivity index (χ3v) is 2.79. The molecule has 0 heterocycles. The van der Waals surface area contributed by atoms with Crippen LogP contribution in [0, 0.1) is 11.6 Å². The van der Waals surface area contributed by atoms with E-state index in [0.29, 0.717) is 6.42 Å². The number of aliphatic hydroxyl groups is 1. The maximum Gasteiger partial charge on any atom is 0.167 e. The highest BCUT2D eigenvalue weighted by molar-refractivity contribution is 5.24. The monoisotopic (exact) mass is 228 g/mol. The first-order chi connectivity index (χ1) is 7.65. The molecule has 2 unspecified atom stereocenters. The van der Waals surface area contributed by atoms with E-state index in [1.165, 1.54) is 6.07 Å². The Kier molecular flexibility index (Phi) is 3.39. The molecule has 1 fully saturated rings. The molecular weight excluding hydrogens is 214 g/mol. The van der Waals surface area contributed by atoms with Gasteiger partial charge in [0.2, 0.25) is 0 Å². The quantitative estimate of drug-likeness (QED) is 0.843. The number of benzene rings is 1. The minimum Gasteiger partial charge on any atom is -0.487 e. The van der Waals surface area contributed by atoms with Gasteiger partial charge in [-0.25, -0.2) is 8.78 Å². The lowest BCUT2D eigenvalue weighted by atomic mass is 9.95. The van der Waals surface area contributed by atoms with Gasteiger partial charge in [0.15, 0.2) is 11.6 Å². The van der Waals surface area contributed by atoms with E-state index < -0.39 is 11.6 Å². The molecule has 88 valence electrons. The van der Waals surface area contributed by atoms with Crippen molar-refractivity contribution in [2.24, 2.45) is 0 Å². The predicted molar refractivity (Wildman–Crippen MR) is 55.2 cm³/mol. The molecule has 0 saturated heterocycles. The van der Waals surface area contributed by atoms with Crippen molar-refractivity contribution in [2.75, 3.05) is 0 Å². The van der Waals surface area contributed by atoms with Gasteiger partial charge in [-0.1, -0.05) is 0 Å². The van der Waals surface area contributed by atoms with Crippen molar-refractivity contribution in [3.05, 3.63) is 29.8 Å². The van der Waals surface area contributed by atoms with Gasteiger partial charge < -0.3 is 9.84 Å². The molecular formula is C12H14F2O2. The summed E-state index contributed by atoms with van der Waals surface area (Å²) in [5.41, 5.74) is 0. The van der Waals surface area contributed by atoms with Crippen molar-refractivity contribution >= 4 is 0 Å². The first kappa shape index (κ1) is 11.3. The fourth-order valence-electron chi connectivity index (χ4n) is 1.98. The van der Waals surface area contributed by atoms with Crippen LogP contribution in [-0.4, -0.2) is 17.3 Å². The van der Waals surface area contributed by atoms with Crippen molar-refractivity contribution in [2.45, 2.75) is 37.9 Å². The highest BCUT2D eigenvalue weighted by Gasteiger charge is 2.22. The zero-order chi connectivity index (χ0) is 11.5. The van der Waals surface area contributed by atoms with Crippen LogP contribution in [0.5, 0.6) is 5.75 Å². The van der Waals surface area contributed by atoms with Gasteiger partial charge in [0, 0.05) is 12.5 Å². The Hall–Kier alpha value is -1.16. The molecule has 0 aliphatic heterocycles. The molecule has 1 N–H and O–H groups in total. The number of hydrogen-bond donors (Lipinski definition) is 1. The van der Waals surface area contributed by atoms with Gasteiger partial charge in [-0.3, -0.25) is 0 Å². The van der Waals surface area contributed by atoms with Crippen LogP contribution in [0.2, 0.25) is 0 Å². The molecule has 0 spiro atoms. The molecule has 2 rings (SSSR count). The van der Waals surface area contributed by atoms with E-state index in [4.69, 9.17) is 4.74 Å². The third-order valence-electron chi connectivity index (χ3n) is 2.79. The highest BCUT2D eigenvalue weighted by Crippen LogP contribution is 2.25. The summed E-state index contributed by atoms with van der Waals surface area (Å²) in [6, 6.07) is 3.25. The summed E-state index contributed by atoms with van der Waals surface area (Å²) in [5, 5.41) is 9.44. The standard InChI is InChI=1S/C12H14F2O2/c13-8-4-5-12(11(14)6-8)16-10-3-1-2-9(15)7-10/h4-6,9-10,15H,1-3,7H2. The van der Waals surface area contributed by atoms with Crippen molar-refractivity contribution in [1.29, 1.82) is 0 Å². The molecule has 1 aromatic rings. The molecule has 0 bridgehead atoms. The Labute approximate surface area is 92.9 Å². The number of hydrogen-bond acceptors (Lipinski definition) is 2. The van der Waals surface area contributed by atoms with E-state index in [9.17, 15) is 13.9 Å². The number of ether oxygens (including phenoxy) is 1. The Balaban J connectivity index is 2.02. The van der Waals surface area contributed by atoms with Crippen LogP contribution >= 0.6 is 0 Å². The van der Waals surface area contributed by atoms with Gasteiger partial charge in [0.25, 0.3) is 0 Å². The van der Waals surface area contributed by atoms with Crippen LogP contribution < -0.4 is 4.74 Å². The Morgan fingerprint density at radius 2 is 2.06 bits per heavy atom. The van der Waals surface area contributed by atoms with Crippen LogP contribution in [0.4, 0.5) is 8.78 Å². The minimum absolute atomic E-state index is 0.0560. The Morgan fingerprint density at radius 3 is 2.75 bits per heavy atom. The number of halogens is 2. The number of rotatable bonds is 2. The van der Waals surface area contributed by atoms with Gasteiger partial charge in [-0.2, -0.15) is 0 Å². The van der Waals surface area contributed by atoms with E-state index >= 15 is 0 Å². The zero-order valence-corrected chi connectivity index (χ0v) is 8.83. The van der Waals surface area contributed by atoms with E-state index in [2.05, 4.69) is 0 Å². The largest absolute Gasteiger partial charge is 0.487 e. The molecule has 2 nitrogen and oxygen atoms in total. The second-order valence-corrected chi connectivity index (χ2v) is 4.14. The highest BCUT2D eigenvalue weighted by atomic mass is 19.1. The normalized spacial score (nSPS) is 25.4. The van der Waals surface area contributed by atoms with Gasteiger partial charge in [0.05, 0.1) is 6.10 Å². The van der Waals surface area contributed by atoms with Crippen molar-refractivity contribution in [3.63, 3.8) is 0 Å². The second kappa shape index (κ2) is 4.78. The van der Waals surface area contributed by atoms with Gasteiger partial charge >= 0.3 is 0 Å². The summed E-state index contributed by atoms with van der Waals surface area (Å²) in [6.45, 7) is 0. The molecule has 0 radical (unpaired) electrons. The molecule has 1 aromatic carbocycles. The molecule has 0 aromatic heterocycles. The smallest absolute Gasteiger partial charge is 0.167 e. The minimum atomic E-state index is -0.694. The Bertz CT molecular complexity index is 368. The maximum absolute atomic E-state index is 13.3. The topological polar surface area (TPSA) is 29.5 Å². The lowest BCUT2D eigenvalue weighted by molar-refractivity contribution is 0.0516. The van der Waals surface area contributed by atoms with Gasteiger partial charge in [0.1, 0.15) is 11.9 Å². The lowest BCUT2D eigenvalue weighted by Crippen LogP contribution is -2.28. The van der Waals surface area contributed by atoms with Gasteiger partial charge in [-0.15, -0.1) is 0 Å². The summed E-state index contributed by atoms with van der Waals surface area (Å²) in [5.74, 6) is -1.26. The van der Waals surface area contributed by atoms with Crippen LogP contribution in [0.25, 0.3) is 0 Å². The van der Waals surface area contributed by atoms with E-state index in [1.807, 2.05) is 0 Å². The summed E-state index contributed by atoms with van der Waals surface area (Å²) < 4.78 is 31.3. The van der Waals surface area contributed by atoms with Crippen LogP contribution in [-0.2, 0) is 0 Å².